The third-order valence-corrected chi connectivity index (χ3v) is 4.19. The molecule has 24 heavy (non-hydrogen) atoms. The molecule has 1 heterocycles. The van der Waals surface area contributed by atoms with Gasteiger partial charge in [0.05, 0.1) is 18.6 Å². The van der Waals surface area contributed by atoms with Crippen molar-refractivity contribution in [2.45, 2.75) is 32.7 Å². The molecule has 1 fully saturated rings. The average Bonchev–Trinajstić information content (AvgIpc) is 2.57. The van der Waals surface area contributed by atoms with Crippen LogP contribution in [0.25, 0.3) is 0 Å². The highest BCUT2D eigenvalue weighted by Crippen LogP contribution is 2.20. The number of urea groups is 1. The molecule has 1 unspecified atom stereocenters. The van der Waals surface area contributed by atoms with E-state index in [1.54, 1.807) is 18.7 Å². The lowest BCUT2D eigenvalue weighted by Gasteiger charge is -2.31. The molecule has 2 rings (SSSR count). The molecule has 132 valence electrons. The summed E-state index contributed by atoms with van der Waals surface area (Å²) in [6, 6.07) is 2.83. The van der Waals surface area contributed by atoms with E-state index in [1.165, 1.54) is 6.07 Å². The number of amides is 2. The molecule has 1 aromatic carbocycles. The molecule has 0 saturated carbocycles. The summed E-state index contributed by atoms with van der Waals surface area (Å²) in [5, 5.41) is 2.76. The number of carbonyl (C=O) groups excluding carboxylic acids is 2. The van der Waals surface area contributed by atoms with Gasteiger partial charge >= 0.3 is 12.0 Å². The second kappa shape index (κ2) is 8.08. The third-order valence-electron chi connectivity index (χ3n) is 4.19. The minimum Gasteiger partial charge on any atom is -0.466 e. The van der Waals surface area contributed by atoms with Crippen molar-refractivity contribution in [2.24, 2.45) is 5.92 Å². The fraction of sp³-hybridized carbons (Fsp3) is 0.529. The van der Waals surface area contributed by atoms with E-state index in [2.05, 4.69) is 5.32 Å². The number of nitrogens with one attached hydrogen (secondary N) is 1. The van der Waals surface area contributed by atoms with E-state index < -0.39 is 17.7 Å². The van der Waals surface area contributed by atoms with Crippen molar-refractivity contribution in [3.05, 3.63) is 35.4 Å². The summed E-state index contributed by atoms with van der Waals surface area (Å²) in [4.78, 5) is 25.6. The molecule has 5 nitrogen and oxygen atoms in total. The van der Waals surface area contributed by atoms with Crippen LogP contribution in [0.1, 0.15) is 38.3 Å². The molecule has 1 aliphatic rings. The number of piperidine rings is 1. The first-order valence-electron chi connectivity index (χ1n) is 8.09. The van der Waals surface area contributed by atoms with Gasteiger partial charge in [0.2, 0.25) is 0 Å². The second-order valence-corrected chi connectivity index (χ2v) is 5.86. The summed E-state index contributed by atoms with van der Waals surface area (Å²) in [7, 11) is 0. The Morgan fingerprint density at radius 1 is 1.29 bits per heavy atom. The van der Waals surface area contributed by atoms with Crippen LogP contribution in [0.2, 0.25) is 0 Å². The number of likely N-dealkylation sites (tertiary alicyclic amines) is 1. The SMILES string of the molecule is CCOC(=O)C1CCN(C(=O)NC(C)c2ccc(F)c(F)c2)CC1. The minimum absolute atomic E-state index is 0.169. The van der Waals surface area contributed by atoms with Crippen molar-refractivity contribution in [3.8, 4) is 0 Å². The van der Waals surface area contributed by atoms with Crippen molar-refractivity contribution in [1.29, 1.82) is 0 Å². The van der Waals surface area contributed by atoms with E-state index >= 15 is 0 Å². The van der Waals surface area contributed by atoms with Gasteiger partial charge < -0.3 is 15.0 Å². The summed E-state index contributed by atoms with van der Waals surface area (Å²) >= 11 is 0. The van der Waals surface area contributed by atoms with Gasteiger partial charge in [-0.3, -0.25) is 4.79 Å². The van der Waals surface area contributed by atoms with Gasteiger partial charge in [-0.05, 0) is 44.4 Å². The van der Waals surface area contributed by atoms with Gasteiger partial charge in [0, 0.05) is 13.1 Å². The molecule has 0 bridgehead atoms. The number of benzene rings is 1. The number of nitrogens with zero attached hydrogens (tertiary/aromatic N) is 1. The molecule has 0 aromatic heterocycles. The Balaban J connectivity index is 1.87. The predicted molar refractivity (Wildman–Crippen MR) is 84.2 cm³/mol. The zero-order valence-electron chi connectivity index (χ0n) is 13.9. The van der Waals surface area contributed by atoms with E-state index in [0.717, 1.165) is 12.1 Å². The number of hydrogen-bond acceptors (Lipinski definition) is 3. The monoisotopic (exact) mass is 340 g/mol. The van der Waals surface area contributed by atoms with Gasteiger partial charge in [0.1, 0.15) is 0 Å². The number of hydrogen-bond donors (Lipinski definition) is 1. The number of ether oxygens (including phenoxy) is 1. The molecular weight excluding hydrogens is 318 g/mol. The summed E-state index contributed by atoms with van der Waals surface area (Å²) in [5.74, 6) is -2.24. The molecule has 1 atom stereocenters. The Labute approximate surface area is 140 Å². The Morgan fingerprint density at radius 2 is 1.96 bits per heavy atom. The summed E-state index contributed by atoms with van der Waals surface area (Å²) in [6.45, 7) is 4.74. The maximum Gasteiger partial charge on any atom is 0.317 e. The number of rotatable bonds is 4. The molecule has 0 aliphatic carbocycles. The highest BCUT2D eigenvalue weighted by atomic mass is 19.2. The zero-order valence-corrected chi connectivity index (χ0v) is 13.9. The minimum atomic E-state index is -0.941. The van der Waals surface area contributed by atoms with Gasteiger partial charge in [-0.2, -0.15) is 0 Å². The third kappa shape index (κ3) is 4.43. The maximum absolute atomic E-state index is 13.3. The average molecular weight is 340 g/mol. The van der Waals surface area contributed by atoms with Crippen LogP contribution in [0.5, 0.6) is 0 Å². The lowest BCUT2D eigenvalue weighted by molar-refractivity contribution is -0.149. The topological polar surface area (TPSA) is 58.6 Å². The zero-order chi connectivity index (χ0) is 17.7. The van der Waals surface area contributed by atoms with E-state index in [-0.39, 0.29) is 17.9 Å². The Hall–Kier alpha value is -2.18. The van der Waals surface area contributed by atoms with Crippen molar-refractivity contribution in [3.63, 3.8) is 0 Å². The summed E-state index contributed by atoms with van der Waals surface area (Å²) in [6.07, 6.45) is 1.12. The maximum atomic E-state index is 13.3. The standard InChI is InChI=1S/C17H22F2N2O3/c1-3-24-16(22)12-6-8-21(9-7-12)17(23)20-11(2)13-4-5-14(18)15(19)10-13/h4-5,10-12H,3,6-9H2,1-2H3,(H,20,23). The fourth-order valence-corrected chi connectivity index (χ4v) is 2.72. The van der Waals surface area contributed by atoms with Gasteiger partial charge in [-0.15, -0.1) is 0 Å². The molecule has 0 radical (unpaired) electrons. The molecule has 1 N–H and O–H groups in total. The highest BCUT2D eigenvalue weighted by molar-refractivity contribution is 5.76. The second-order valence-electron chi connectivity index (χ2n) is 5.86. The van der Waals surface area contributed by atoms with Crippen molar-refractivity contribution in [2.75, 3.05) is 19.7 Å². The van der Waals surface area contributed by atoms with Crippen LogP contribution in [0.4, 0.5) is 13.6 Å². The first-order chi connectivity index (χ1) is 11.4. The van der Waals surface area contributed by atoms with Crippen molar-refractivity contribution >= 4 is 12.0 Å². The molecule has 7 heteroatoms. The van der Waals surface area contributed by atoms with Crippen LogP contribution in [-0.4, -0.2) is 36.6 Å². The van der Waals surface area contributed by atoms with Crippen LogP contribution in [0.3, 0.4) is 0 Å². The first-order valence-corrected chi connectivity index (χ1v) is 8.09. The number of carbonyl (C=O) groups is 2. The number of halogens is 2. The normalized spacial score (nSPS) is 16.6. The van der Waals surface area contributed by atoms with Crippen LogP contribution in [0, 0.1) is 17.6 Å². The van der Waals surface area contributed by atoms with Gasteiger partial charge in [0.15, 0.2) is 11.6 Å². The Kier molecular flexibility index (Phi) is 6.11. The highest BCUT2D eigenvalue weighted by Gasteiger charge is 2.28. The van der Waals surface area contributed by atoms with E-state index in [1.807, 2.05) is 0 Å². The quantitative estimate of drug-likeness (QED) is 0.857. The largest absolute Gasteiger partial charge is 0.466 e. The van der Waals surface area contributed by atoms with Gasteiger partial charge in [-0.1, -0.05) is 6.07 Å². The number of esters is 1. The Morgan fingerprint density at radius 3 is 2.54 bits per heavy atom. The molecular formula is C17H22F2N2O3. The van der Waals surface area contributed by atoms with Gasteiger partial charge in [-0.25, -0.2) is 13.6 Å². The molecule has 1 saturated heterocycles. The molecule has 1 aromatic rings. The lowest BCUT2D eigenvalue weighted by atomic mass is 9.97. The van der Waals surface area contributed by atoms with Crippen LogP contribution in [0.15, 0.2) is 18.2 Å². The van der Waals surface area contributed by atoms with Crippen LogP contribution >= 0.6 is 0 Å². The smallest absolute Gasteiger partial charge is 0.317 e. The van der Waals surface area contributed by atoms with Crippen LogP contribution in [-0.2, 0) is 9.53 Å². The molecule has 1 aliphatic heterocycles. The first kappa shape index (κ1) is 18.2. The lowest BCUT2D eigenvalue weighted by Crippen LogP contribution is -2.46. The van der Waals surface area contributed by atoms with Crippen LogP contribution < -0.4 is 5.32 Å². The molecule has 2 amide bonds. The van der Waals surface area contributed by atoms with E-state index in [0.29, 0.717) is 38.1 Å². The van der Waals surface area contributed by atoms with E-state index in [9.17, 15) is 18.4 Å². The van der Waals surface area contributed by atoms with Crippen molar-refractivity contribution in [1.82, 2.24) is 10.2 Å². The fourth-order valence-electron chi connectivity index (χ4n) is 2.72. The predicted octanol–water partition coefficient (Wildman–Crippen LogP) is 3.01. The van der Waals surface area contributed by atoms with E-state index in [4.69, 9.17) is 4.74 Å². The summed E-state index contributed by atoms with van der Waals surface area (Å²) in [5.41, 5.74) is 0.489. The summed E-state index contributed by atoms with van der Waals surface area (Å²) < 4.78 is 31.2. The van der Waals surface area contributed by atoms with Gasteiger partial charge in [0.25, 0.3) is 0 Å². The molecule has 0 spiro atoms. The Bertz CT molecular complexity index is 601. The van der Waals surface area contributed by atoms with Crippen molar-refractivity contribution < 1.29 is 23.1 Å².